The van der Waals surface area contributed by atoms with Gasteiger partial charge in [-0.25, -0.2) is 0 Å². The van der Waals surface area contributed by atoms with Gasteiger partial charge in [-0.3, -0.25) is 9.69 Å². The first-order valence-corrected chi connectivity index (χ1v) is 7.93. The molecule has 3 rings (SSSR count). The molecule has 2 fully saturated rings. The average Bonchev–Trinajstić information content (AvgIpc) is 3.28. The van der Waals surface area contributed by atoms with Crippen LogP contribution in [0.5, 0.6) is 5.75 Å². The molecule has 0 amide bonds. The zero-order chi connectivity index (χ0) is 15.5. The normalized spacial score (nSPS) is 25.7. The highest BCUT2D eigenvalue weighted by Gasteiger charge is 2.45. The highest BCUT2D eigenvalue weighted by atomic mass is 16.5. The number of carboxylic acids is 1. The van der Waals surface area contributed by atoms with E-state index in [0.29, 0.717) is 18.4 Å². The first kappa shape index (κ1) is 15.1. The number of likely N-dealkylation sites (tertiary alicyclic amines) is 1. The Kier molecular flexibility index (Phi) is 4.48. The van der Waals surface area contributed by atoms with Crippen LogP contribution in [0.2, 0.25) is 0 Å². The van der Waals surface area contributed by atoms with Gasteiger partial charge < -0.3 is 9.84 Å². The first-order chi connectivity index (χ1) is 10.7. The number of para-hydroxylation sites is 1. The van der Waals surface area contributed by atoms with E-state index in [2.05, 4.69) is 17.1 Å². The van der Waals surface area contributed by atoms with E-state index in [1.54, 1.807) is 7.11 Å². The monoisotopic (exact) mass is 301 g/mol. The minimum absolute atomic E-state index is 0.188. The van der Waals surface area contributed by atoms with Gasteiger partial charge in [-0.2, -0.15) is 0 Å². The van der Waals surface area contributed by atoms with Crippen LogP contribution in [0.1, 0.15) is 18.4 Å². The predicted molar refractivity (Wildman–Crippen MR) is 85.8 cm³/mol. The average molecular weight is 301 g/mol. The Labute approximate surface area is 131 Å². The lowest BCUT2D eigenvalue weighted by molar-refractivity contribution is -0.142. The Morgan fingerprint density at radius 2 is 2.14 bits per heavy atom. The van der Waals surface area contributed by atoms with E-state index in [1.165, 1.54) is 12.8 Å². The third-order valence-corrected chi connectivity index (χ3v) is 4.79. The maximum absolute atomic E-state index is 11.4. The second kappa shape index (κ2) is 6.53. The topological polar surface area (TPSA) is 49.8 Å². The molecule has 1 N–H and O–H groups in total. The summed E-state index contributed by atoms with van der Waals surface area (Å²) in [6.07, 6.45) is 6.57. The summed E-state index contributed by atoms with van der Waals surface area (Å²) in [5.74, 6) is 1.03. The number of hydrogen-bond donors (Lipinski definition) is 1. The fourth-order valence-electron chi connectivity index (χ4n) is 3.46. The van der Waals surface area contributed by atoms with E-state index in [-0.39, 0.29) is 5.92 Å². The van der Waals surface area contributed by atoms with E-state index >= 15 is 0 Å². The van der Waals surface area contributed by atoms with Gasteiger partial charge in [0.2, 0.25) is 0 Å². The molecule has 22 heavy (non-hydrogen) atoms. The SMILES string of the molecule is COc1ccccc1/C=C/CN1C[C@@H](C(=O)O)[C@H](C2CC2)C1. The van der Waals surface area contributed by atoms with E-state index in [0.717, 1.165) is 24.4 Å². The van der Waals surface area contributed by atoms with Crippen molar-refractivity contribution >= 4 is 12.0 Å². The molecule has 1 aliphatic heterocycles. The molecular weight excluding hydrogens is 278 g/mol. The van der Waals surface area contributed by atoms with E-state index in [9.17, 15) is 9.90 Å². The van der Waals surface area contributed by atoms with Crippen LogP contribution in [-0.4, -0.2) is 42.7 Å². The number of hydrogen-bond acceptors (Lipinski definition) is 3. The van der Waals surface area contributed by atoms with Crippen LogP contribution in [0.15, 0.2) is 30.3 Å². The van der Waals surface area contributed by atoms with Crippen molar-refractivity contribution in [2.75, 3.05) is 26.7 Å². The largest absolute Gasteiger partial charge is 0.496 e. The van der Waals surface area contributed by atoms with Crippen molar-refractivity contribution in [2.24, 2.45) is 17.8 Å². The van der Waals surface area contributed by atoms with E-state index < -0.39 is 5.97 Å². The van der Waals surface area contributed by atoms with Gasteiger partial charge in [0, 0.05) is 25.2 Å². The molecule has 2 atom stereocenters. The zero-order valence-electron chi connectivity index (χ0n) is 12.9. The van der Waals surface area contributed by atoms with Crippen LogP contribution in [0, 0.1) is 17.8 Å². The summed E-state index contributed by atoms with van der Waals surface area (Å²) in [7, 11) is 1.67. The van der Waals surface area contributed by atoms with Gasteiger partial charge in [-0.1, -0.05) is 30.4 Å². The van der Waals surface area contributed by atoms with Crippen molar-refractivity contribution in [1.82, 2.24) is 4.90 Å². The first-order valence-electron chi connectivity index (χ1n) is 7.93. The van der Waals surface area contributed by atoms with Crippen LogP contribution in [0.3, 0.4) is 0 Å². The molecular formula is C18H23NO3. The third kappa shape index (κ3) is 3.33. The summed E-state index contributed by atoms with van der Waals surface area (Å²) in [5.41, 5.74) is 1.05. The second-order valence-electron chi connectivity index (χ2n) is 6.31. The lowest BCUT2D eigenvalue weighted by atomic mass is 9.92. The van der Waals surface area contributed by atoms with Gasteiger partial charge in [0.05, 0.1) is 13.0 Å². The van der Waals surface area contributed by atoms with Crippen LogP contribution < -0.4 is 4.74 Å². The van der Waals surface area contributed by atoms with Crippen molar-refractivity contribution in [3.8, 4) is 5.75 Å². The zero-order valence-corrected chi connectivity index (χ0v) is 12.9. The van der Waals surface area contributed by atoms with E-state index in [4.69, 9.17) is 4.74 Å². The molecule has 1 saturated heterocycles. The molecule has 2 aliphatic rings. The molecule has 0 unspecified atom stereocenters. The lowest BCUT2D eigenvalue weighted by Gasteiger charge is -2.13. The van der Waals surface area contributed by atoms with Crippen LogP contribution >= 0.6 is 0 Å². The fourth-order valence-corrected chi connectivity index (χ4v) is 3.46. The minimum Gasteiger partial charge on any atom is -0.496 e. The summed E-state index contributed by atoms with van der Waals surface area (Å²) in [6, 6.07) is 7.90. The molecule has 0 radical (unpaired) electrons. The predicted octanol–water partition coefficient (Wildman–Crippen LogP) is 2.75. The molecule has 0 bridgehead atoms. The quantitative estimate of drug-likeness (QED) is 0.878. The van der Waals surface area contributed by atoms with Crippen LogP contribution in [-0.2, 0) is 4.79 Å². The molecule has 1 aromatic carbocycles. The van der Waals surface area contributed by atoms with Crippen molar-refractivity contribution in [3.63, 3.8) is 0 Å². The second-order valence-corrected chi connectivity index (χ2v) is 6.31. The number of carbonyl (C=O) groups is 1. The minimum atomic E-state index is -0.631. The standard InChI is InChI=1S/C18H23NO3/c1-22-17-7-3-2-5-14(17)6-4-10-19-11-15(13-8-9-13)16(12-19)18(20)21/h2-7,13,15-16H,8-12H2,1H3,(H,20,21)/b6-4+/t15-,16+/m0/s1. The van der Waals surface area contributed by atoms with Gasteiger partial charge in [0.1, 0.15) is 5.75 Å². The fraction of sp³-hybridized carbons (Fsp3) is 0.500. The van der Waals surface area contributed by atoms with Crippen LogP contribution in [0.4, 0.5) is 0 Å². The molecule has 4 heteroatoms. The molecule has 1 heterocycles. The van der Waals surface area contributed by atoms with E-state index in [1.807, 2.05) is 24.3 Å². The Bertz CT molecular complexity index is 565. The van der Waals surface area contributed by atoms with Gasteiger partial charge in [0.25, 0.3) is 0 Å². The molecule has 1 aromatic rings. The molecule has 0 aromatic heterocycles. The lowest BCUT2D eigenvalue weighted by Crippen LogP contribution is -2.24. The van der Waals surface area contributed by atoms with Crippen molar-refractivity contribution < 1.29 is 14.6 Å². The molecule has 1 saturated carbocycles. The Morgan fingerprint density at radius 3 is 2.82 bits per heavy atom. The maximum Gasteiger partial charge on any atom is 0.308 e. The van der Waals surface area contributed by atoms with Crippen molar-refractivity contribution in [1.29, 1.82) is 0 Å². The summed E-state index contributed by atoms with van der Waals surface area (Å²) < 4.78 is 5.33. The number of aliphatic carboxylic acids is 1. The highest BCUT2D eigenvalue weighted by molar-refractivity contribution is 5.71. The number of ether oxygens (including phenoxy) is 1. The highest BCUT2D eigenvalue weighted by Crippen LogP contribution is 2.44. The van der Waals surface area contributed by atoms with Gasteiger partial charge >= 0.3 is 5.97 Å². The molecule has 4 nitrogen and oxygen atoms in total. The number of nitrogens with zero attached hydrogens (tertiary/aromatic N) is 1. The summed E-state index contributed by atoms with van der Waals surface area (Å²) >= 11 is 0. The smallest absolute Gasteiger partial charge is 0.308 e. The Morgan fingerprint density at radius 1 is 1.36 bits per heavy atom. The molecule has 0 spiro atoms. The van der Waals surface area contributed by atoms with Gasteiger partial charge in [0.15, 0.2) is 0 Å². The van der Waals surface area contributed by atoms with Crippen molar-refractivity contribution in [2.45, 2.75) is 12.8 Å². The van der Waals surface area contributed by atoms with Gasteiger partial charge in [-0.05, 0) is 30.7 Å². The maximum atomic E-state index is 11.4. The van der Waals surface area contributed by atoms with Crippen molar-refractivity contribution in [3.05, 3.63) is 35.9 Å². The Hall–Kier alpha value is -1.81. The number of benzene rings is 1. The Balaban J connectivity index is 1.59. The summed E-state index contributed by atoms with van der Waals surface area (Å²) in [6.45, 7) is 2.38. The summed E-state index contributed by atoms with van der Waals surface area (Å²) in [5, 5.41) is 9.39. The number of methoxy groups -OCH3 is 1. The number of rotatable bonds is 6. The number of carboxylic acid groups (broad SMARTS) is 1. The molecule has 118 valence electrons. The van der Waals surface area contributed by atoms with Gasteiger partial charge in [-0.15, -0.1) is 0 Å². The molecule has 1 aliphatic carbocycles. The summed E-state index contributed by atoms with van der Waals surface area (Å²) in [4.78, 5) is 13.7. The third-order valence-electron chi connectivity index (χ3n) is 4.79. The van der Waals surface area contributed by atoms with Crippen LogP contribution in [0.25, 0.3) is 6.08 Å².